The summed E-state index contributed by atoms with van der Waals surface area (Å²) >= 11 is 0. The minimum absolute atomic E-state index is 0.172. The number of hydrogen-bond acceptors (Lipinski definition) is 10. The van der Waals surface area contributed by atoms with E-state index in [-0.39, 0.29) is 11.7 Å². The third-order valence-electron chi connectivity index (χ3n) is 36.3. The average molecular weight is 1690 g/mol. The summed E-state index contributed by atoms with van der Waals surface area (Å²) in [6.07, 6.45) is 66.9. The summed E-state index contributed by atoms with van der Waals surface area (Å²) < 4.78 is 0. The molecule has 10 nitrogen and oxygen atoms in total. The Morgan fingerprint density at radius 2 is 0.680 bits per heavy atom. The van der Waals surface area contributed by atoms with Crippen LogP contribution in [0.4, 0.5) is 0 Å². The van der Waals surface area contributed by atoms with Crippen LogP contribution < -0.4 is 0 Å². The molecular weight excluding hydrogens is 1510 g/mol. The van der Waals surface area contributed by atoms with Gasteiger partial charge in [0, 0.05) is 0 Å². The van der Waals surface area contributed by atoms with Crippen LogP contribution in [0.25, 0.3) is 0 Å². The van der Waals surface area contributed by atoms with Gasteiger partial charge in [0.05, 0.1) is 59.5 Å². The lowest BCUT2D eigenvalue weighted by Gasteiger charge is -2.44. The standard InChI is InChI=1S/C29H46O3.C29H48O3.C27H44O3.C27H44O/c1-20(8-6-17-29(32)15-4-5-16-29)24-12-13-25-23(9-7-14-28(24,25)3)11-10-22-18-26(30)21(2)27(31)19-22;1-6-29(32,7-2)17-8-10-20(3)24-14-15-25-23(11-9-16-28(24,25)5)13-12-22-18-26(30)21(4)27(31)19-22;1-18(8-6-14-26(3,4)30)22-12-13-23-21(9-7-15-27(22,23)5)11-10-20-16-24(28)19(2)25(29)17-20;1-19(2)8-6-9-21(4)25-15-16-26-22(10-7-17-27(25,26)5)12-13-23-18-24(28)14-11-20(23)3/h10-11,20,24-27,30-32H,2,4-9,12-19H2,1,3H3;12-13,20,24-27,30-32H,4,6-11,14-19H2,1-3,5H3;10-11,18,22-25,28-30H,2,6-9,12-17H2,1,3-5H3;12-13,19,21,24-26,28H,3,6-11,14-18H2,1-2,4-5H3/b23-11+;23-13+;21-11+;22-12+,23-13-/t2*20-,24+,25-,26+,27+,28+;18-,22+,23-,24+,25+,27+;21-,24-,25+,26-,27+/m0000/s1. The monoisotopic (exact) mass is 1690 g/mol. The van der Waals surface area contributed by atoms with Crippen molar-refractivity contribution in [2.24, 2.45) is 98.6 Å². The molecule has 13 saturated carbocycles. The van der Waals surface area contributed by atoms with E-state index < -0.39 is 47.8 Å². The van der Waals surface area contributed by atoms with Crippen molar-refractivity contribution in [2.75, 3.05) is 0 Å². The van der Waals surface area contributed by atoms with Crippen LogP contribution in [0.3, 0.4) is 0 Å². The molecule has 10 heteroatoms. The van der Waals surface area contributed by atoms with Gasteiger partial charge in [-0.2, -0.15) is 0 Å². The number of allylic oxidation sites excluding steroid dienone is 13. The lowest BCUT2D eigenvalue weighted by molar-refractivity contribution is 0.0178. The molecule has 13 aliphatic rings. The molecule has 0 radical (unpaired) electrons. The average Bonchev–Trinajstić information content (AvgIpc) is 1.81. The van der Waals surface area contributed by atoms with E-state index in [4.69, 9.17) is 0 Å². The first-order valence-corrected chi connectivity index (χ1v) is 50.9. The van der Waals surface area contributed by atoms with Gasteiger partial charge in [-0.1, -0.05) is 273 Å². The Bertz CT molecular complexity index is 3540. The molecule has 13 fully saturated rings. The lowest BCUT2D eigenvalue weighted by atomic mass is 9.60. The molecule has 0 spiro atoms. The first-order valence-electron chi connectivity index (χ1n) is 50.9. The zero-order chi connectivity index (χ0) is 88.9. The molecule has 0 aromatic carbocycles. The Labute approximate surface area is 745 Å². The Kier molecular flexibility index (Phi) is 36.6. The third kappa shape index (κ3) is 25.4. The molecule has 0 aliphatic heterocycles. The minimum atomic E-state index is -0.616. The van der Waals surface area contributed by atoms with E-state index in [2.05, 4.69) is 158 Å². The van der Waals surface area contributed by atoms with Crippen LogP contribution in [0.2, 0.25) is 0 Å². The van der Waals surface area contributed by atoms with Crippen molar-refractivity contribution in [1.82, 2.24) is 0 Å². The van der Waals surface area contributed by atoms with Crippen molar-refractivity contribution >= 4 is 0 Å². The van der Waals surface area contributed by atoms with Gasteiger partial charge in [-0.3, -0.25) is 0 Å². The van der Waals surface area contributed by atoms with Crippen LogP contribution in [0.5, 0.6) is 0 Å². The Morgan fingerprint density at radius 3 is 1.00 bits per heavy atom. The molecule has 0 unspecified atom stereocenters. The van der Waals surface area contributed by atoms with Gasteiger partial charge in [-0.15, -0.1) is 0 Å². The molecule has 23 atom stereocenters. The number of aliphatic hydroxyl groups is 10. The summed E-state index contributed by atoms with van der Waals surface area (Å²) in [6.45, 7) is 48.6. The third-order valence-corrected chi connectivity index (χ3v) is 36.3. The zero-order valence-corrected chi connectivity index (χ0v) is 80.2. The van der Waals surface area contributed by atoms with Crippen LogP contribution in [0.1, 0.15) is 399 Å². The molecule has 122 heavy (non-hydrogen) atoms. The van der Waals surface area contributed by atoms with E-state index in [1.807, 2.05) is 13.8 Å². The van der Waals surface area contributed by atoms with Crippen molar-refractivity contribution in [1.29, 1.82) is 0 Å². The molecule has 0 bridgehead atoms. The number of hydrogen-bond donors (Lipinski definition) is 10. The smallest absolute Gasteiger partial charge is 0.0809 e. The predicted molar refractivity (Wildman–Crippen MR) is 510 cm³/mol. The molecular formula is C112H182O10. The van der Waals surface area contributed by atoms with Gasteiger partial charge in [-0.05, 0) is 366 Å². The second-order valence-electron chi connectivity index (χ2n) is 45.6. The number of aliphatic hydroxyl groups excluding tert-OH is 7. The topological polar surface area (TPSA) is 202 Å². The summed E-state index contributed by atoms with van der Waals surface area (Å²) in [5.41, 5.74) is 14.4. The first kappa shape index (κ1) is 101. The molecule has 0 aromatic rings. The van der Waals surface area contributed by atoms with Crippen molar-refractivity contribution in [2.45, 2.75) is 458 Å². The number of fused-ring (bicyclic) bond motifs is 4. The highest BCUT2D eigenvalue weighted by Gasteiger charge is 2.55. The van der Waals surface area contributed by atoms with Crippen LogP contribution >= 0.6 is 0 Å². The van der Waals surface area contributed by atoms with Gasteiger partial charge in [0.15, 0.2) is 0 Å². The fourth-order valence-electron chi connectivity index (χ4n) is 28.4. The Hall–Kier alpha value is -3.52. The first-order chi connectivity index (χ1) is 57.7. The fourth-order valence-corrected chi connectivity index (χ4v) is 28.4. The molecule has 690 valence electrons. The van der Waals surface area contributed by atoms with E-state index in [9.17, 15) is 51.1 Å². The Balaban J connectivity index is 0.000000171. The highest BCUT2D eigenvalue weighted by atomic mass is 16.3. The SMILES string of the molecule is C=C1CC[C@H](O)C/C1=C/C=C1\CCC[C@]2(C)[C@@H]([C@@H](C)CCCC(C)C)CC[C@@H]12.C=C1[C@H](O)CC(=C/C=C2\CCC[C@]3(C)[C@@H]([C@@H](C)CCCC(C)(C)O)CC[C@@H]23)C[C@H]1O.C=C1[C@H](O)CC(=C/C=C2\CCC[C@]3(C)[C@@H]([C@@H](C)CCCC(O)(CC)CC)CC[C@@H]23)C[C@H]1O.C=C1[C@H](O)CC(=C/C=C2\CCC[C@]3(C)[C@@H]([C@@H](C)CCCC4(O)CCCC4)CC[C@@H]23)C[C@H]1O. The van der Waals surface area contributed by atoms with E-state index >= 15 is 0 Å². The van der Waals surface area contributed by atoms with E-state index in [1.165, 1.54) is 197 Å². The van der Waals surface area contributed by atoms with Crippen molar-refractivity contribution in [3.05, 3.63) is 142 Å². The van der Waals surface area contributed by atoms with Crippen molar-refractivity contribution in [3.8, 4) is 0 Å². The van der Waals surface area contributed by atoms with E-state index in [0.29, 0.717) is 106 Å². The molecule has 13 aliphatic carbocycles. The summed E-state index contributed by atoms with van der Waals surface area (Å²) in [4.78, 5) is 0. The molecule has 0 heterocycles. The van der Waals surface area contributed by atoms with Crippen LogP contribution in [-0.2, 0) is 0 Å². The van der Waals surface area contributed by atoms with Crippen LogP contribution in [0, 0.1) is 98.6 Å². The van der Waals surface area contributed by atoms with Crippen molar-refractivity contribution in [3.63, 3.8) is 0 Å². The van der Waals surface area contributed by atoms with Gasteiger partial charge in [0.2, 0.25) is 0 Å². The van der Waals surface area contributed by atoms with Gasteiger partial charge in [0.25, 0.3) is 0 Å². The van der Waals surface area contributed by atoms with Crippen LogP contribution in [-0.4, -0.2) is 111 Å². The van der Waals surface area contributed by atoms with Gasteiger partial charge < -0.3 is 51.1 Å². The predicted octanol–water partition coefficient (Wildman–Crippen LogP) is 26.0. The fraction of sp³-hybridized carbons (Fsp3) is 0.786. The largest absolute Gasteiger partial charge is 0.393 e. The Morgan fingerprint density at radius 1 is 0.369 bits per heavy atom. The quantitative estimate of drug-likeness (QED) is 0.0372. The van der Waals surface area contributed by atoms with Gasteiger partial charge >= 0.3 is 0 Å². The summed E-state index contributed by atoms with van der Waals surface area (Å²) in [5.74, 6) is 9.82. The van der Waals surface area contributed by atoms with Crippen LogP contribution in [0.15, 0.2) is 142 Å². The number of rotatable bonds is 26. The van der Waals surface area contributed by atoms with Gasteiger partial charge in [-0.25, -0.2) is 0 Å². The zero-order valence-electron chi connectivity index (χ0n) is 80.2. The van der Waals surface area contributed by atoms with Gasteiger partial charge in [0.1, 0.15) is 0 Å². The maximum Gasteiger partial charge on any atom is 0.0809 e. The molecule has 0 saturated heterocycles. The second-order valence-corrected chi connectivity index (χ2v) is 45.6. The summed E-state index contributed by atoms with van der Waals surface area (Å²) in [5, 5.41) is 102. The van der Waals surface area contributed by atoms with E-state index in [0.717, 1.165) is 141 Å². The summed E-state index contributed by atoms with van der Waals surface area (Å²) in [6, 6.07) is 0. The minimum Gasteiger partial charge on any atom is -0.393 e. The molecule has 10 N–H and O–H groups in total. The maximum absolute atomic E-state index is 10.7. The molecule has 13 rings (SSSR count). The van der Waals surface area contributed by atoms with E-state index in [1.54, 1.807) is 22.3 Å². The summed E-state index contributed by atoms with van der Waals surface area (Å²) in [7, 11) is 0. The highest BCUT2D eigenvalue weighted by molar-refractivity contribution is 5.38. The van der Waals surface area contributed by atoms with Crippen molar-refractivity contribution < 1.29 is 51.1 Å². The second kappa shape index (κ2) is 44.4. The normalized spacial score (nSPS) is 37.5. The molecule has 0 aromatic heterocycles. The molecule has 0 amide bonds. The lowest BCUT2D eigenvalue weighted by Crippen LogP contribution is -2.36. The maximum atomic E-state index is 10.7. The highest BCUT2D eigenvalue weighted by Crippen LogP contribution is 2.64.